The zero-order valence-electron chi connectivity index (χ0n) is 12.3. The third-order valence-corrected chi connectivity index (χ3v) is 2.87. The summed E-state index contributed by atoms with van der Waals surface area (Å²) >= 11 is 0. The number of ketones is 1. The van der Waals surface area contributed by atoms with Gasteiger partial charge in [-0.15, -0.1) is 0 Å². The molecule has 0 bridgehead atoms. The number of rotatable bonds is 5. The van der Waals surface area contributed by atoms with Gasteiger partial charge in [-0.05, 0) is 18.3 Å². The SMILES string of the molecule is CCCCC(CC(C)(C)C)C(=O)C(C)(C)C. The van der Waals surface area contributed by atoms with E-state index in [0.29, 0.717) is 5.78 Å². The van der Waals surface area contributed by atoms with Gasteiger partial charge in [0.05, 0.1) is 0 Å². The molecule has 16 heavy (non-hydrogen) atoms. The average molecular weight is 226 g/mol. The van der Waals surface area contributed by atoms with Crippen LogP contribution in [0.1, 0.15) is 74.1 Å². The molecule has 1 heteroatoms. The third kappa shape index (κ3) is 6.30. The van der Waals surface area contributed by atoms with Crippen molar-refractivity contribution in [1.82, 2.24) is 0 Å². The molecule has 1 atom stereocenters. The van der Waals surface area contributed by atoms with Crippen LogP contribution in [-0.2, 0) is 4.79 Å². The quantitative estimate of drug-likeness (QED) is 0.655. The first-order valence-electron chi connectivity index (χ1n) is 6.62. The Morgan fingerprint density at radius 2 is 1.56 bits per heavy atom. The van der Waals surface area contributed by atoms with Crippen molar-refractivity contribution < 1.29 is 4.79 Å². The summed E-state index contributed by atoms with van der Waals surface area (Å²) in [6.45, 7) is 15.0. The summed E-state index contributed by atoms with van der Waals surface area (Å²) in [7, 11) is 0. The monoisotopic (exact) mass is 226 g/mol. The van der Waals surface area contributed by atoms with Gasteiger partial charge in [-0.2, -0.15) is 0 Å². The minimum absolute atomic E-state index is 0.191. The summed E-state index contributed by atoms with van der Waals surface area (Å²) < 4.78 is 0. The van der Waals surface area contributed by atoms with Crippen LogP contribution in [0.15, 0.2) is 0 Å². The Kier molecular flexibility index (Phi) is 5.72. The number of carbonyl (C=O) groups excluding carboxylic acids is 1. The second-order valence-electron chi connectivity index (χ2n) is 7.22. The van der Waals surface area contributed by atoms with E-state index in [1.165, 1.54) is 12.8 Å². The van der Waals surface area contributed by atoms with Gasteiger partial charge < -0.3 is 0 Å². The number of Topliss-reactive ketones (excluding diaryl/α,β-unsaturated/α-hetero) is 1. The maximum Gasteiger partial charge on any atom is 0.141 e. The maximum absolute atomic E-state index is 12.3. The van der Waals surface area contributed by atoms with Gasteiger partial charge in [0.1, 0.15) is 5.78 Å². The van der Waals surface area contributed by atoms with Crippen LogP contribution in [0, 0.1) is 16.7 Å². The van der Waals surface area contributed by atoms with Crippen LogP contribution in [0.3, 0.4) is 0 Å². The molecular weight excluding hydrogens is 196 g/mol. The molecule has 0 aliphatic heterocycles. The molecule has 0 aromatic rings. The van der Waals surface area contributed by atoms with Crippen molar-refractivity contribution in [2.45, 2.75) is 74.1 Å². The van der Waals surface area contributed by atoms with Crippen molar-refractivity contribution in [3.05, 3.63) is 0 Å². The fraction of sp³-hybridized carbons (Fsp3) is 0.933. The first-order valence-corrected chi connectivity index (χ1v) is 6.62. The van der Waals surface area contributed by atoms with Gasteiger partial charge in [0.25, 0.3) is 0 Å². The zero-order chi connectivity index (χ0) is 13.0. The van der Waals surface area contributed by atoms with Crippen molar-refractivity contribution in [3.63, 3.8) is 0 Å². The van der Waals surface area contributed by atoms with Crippen LogP contribution in [0.2, 0.25) is 0 Å². The molecule has 0 radical (unpaired) electrons. The lowest BCUT2D eigenvalue weighted by Crippen LogP contribution is -2.31. The first kappa shape index (κ1) is 15.7. The van der Waals surface area contributed by atoms with Gasteiger partial charge in [-0.1, -0.05) is 61.3 Å². The second kappa shape index (κ2) is 5.84. The van der Waals surface area contributed by atoms with Crippen molar-refractivity contribution in [2.75, 3.05) is 0 Å². The summed E-state index contributed by atoms with van der Waals surface area (Å²) in [5.74, 6) is 0.691. The van der Waals surface area contributed by atoms with Crippen molar-refractivity contribution >= 4 is 5.78 Å². The molecule has 0 fully saturated rings. The number of carbonyl (C=O) groups is 1. The van der Waals surface area contributed by atoms with Crippen LogP contribution in [-0.4, -0.2) is 5.78 Å². The van der Waals surface area contributed by atoms with Crippen LogP contribution in [0.25, 0.3) is 0 Å². The van der Waals surface area contributed by atoms with E-state index in [-0.39, 0.29) is 16.7 Å². The number of hydrogen-bond donors (Lipinski definition) is 0. The van der Waals surface area contributed by atoms with E-state index in [2.05, 4.69) is 27.7 Å². The summed E-state index contributed by atoms with van der Waals surface area (Å²) in [4.78, 5) is 12.3. The Hall–Kier alpha value is -0.330. The van der Waals surface area contributed by atoms with Crippen molar-refractivity contribution in [3.8, 4) is 0 Å². The minimum Gasteiger partial charge on any atom is -0.299 e. The Morgan fingerprint density at radius 1 is 1.06 bits per heavy atom. The lowest BCUT2D eigenvalue weighted by Gasteiger charge is -2.29. The number of unbranched alkanes of at least 4 members (excludes halogenated alkanes) is 1. The van der Waals surface area contributed by atoms with E-state index < -0.39 is 0 Å². The normalized spacial score (nSPS) is 14.9. The molecule has 1 unspecified atom stereocenters. The van der Waals surface area contributed by atoms with E-state index in [0.717, 1.165) is 12.8 Å². The standard InChI is InChI=1S/C15H30O/c1-8-9-10-12(11-14(2,3)4)13(16)15(5,6)7/h12H,8-11H2,1-7H3. The average Bonchev–Trinajstić information content (AvgIpc) is 2.07. The molecule has 1 nitrogen and oxygen atoms in total. The Labute approximate surface area is 102 Å². The summed E-state index contributed by atoms with van der Waals surface area (Å²) in [6, 6.07) is 0. The van der Waals surface area contributed by atoms with E-state index >= 15 is 0 Å². The molecule has 0 spiro atoms. The highest BCUT2D eigenvalue weighted by molar-refractivity contribution is 5.85. The summed E-state index contributed by atoms with van der Waals surface area (Å²) in [5.41, 5.74) is 0.0585. The molecule has 0 saturated carbocycles. The lowest BCUT2D eigenvalue weighted by atomic mass is 9.74. The molecule has 0 rings (SSSR count). The topological polar surface area (TPSA) is 17.1 Å². The van der Waals surface area contributed by atoms with Crippen LogP contribution < -0.4 is 0 Å². The Balaban J connectivity index is 4.61. The highest BCUT2D eigenvalue weighted by Gasteiger charge is 2.31. The summed E-state index contributed by atoms with van der Waals surface area (Å²) in [5, 5.41) is 0. The van der Waals surface area contributed by atoms with E-state index in [4.69, 9.17) is 0 Å². The lowest BCUT2D eigenvalue weighted by molar-refractivity contribution is -0.131. The van der Waals surface area contributed by atoms with Gasteiger partial charge in [0.2, 0.25) is 0 Å². The molecule has 0 aromatic carbocycles. The second-order valence-corrected chi connectivity index (χ2v) is 7.22. The van der Waals surface area contributed by atoms with Gasteiger partial charge in [0, 0.05) is 11.3 Å². The van der Waals surface area contributed by atoms with Crippen LogP contribution in [0.5, 0.6) is 0 Å². The molecule has 0 saturated heterocycles. The highest BCUT2D eigenvalue weighted by Crippen LogP contribution is 2.32. The smallest absolute Gasteiger partial charge is 0.141 e. The predicted molar refractivity (Wildman–Crippen MR) is 71.5 cm³/mol. The van der Waals surface area contributed by atoms with E-state index in [9.17, 15) is 4.79 Å². The van der Waals surface area contributed by atoms with Crippen molar-refractivity contribution in [1.29, 1.82) is 0 Å². The van der Waals surface area contributed by atoms with E-state index in [1.54, 1.807) is 0 Å². The molecular formula is C15H30O. The Morgan fingerprint density at radius 3 is 1.88 bits per heavy atom. The Bertz CT molecular complexity index is 215. The van der Waals surface area contributed by atoms with Crippen molar-refractivity contribution in [2.24, 2.45) is 16.7 Å². The first-order chi connectivity index (χ1) is 7.08. The molecule has 0 aliphatic carbocycles. The third-order valence-electron chi connectivity index (χ3n) is 2.87. The predicted octanol–water partition coefficient (Wildman–Crippen LogP) is 4.84. The van der Waals surface area contributed by atoms with Gasteiger partial charge >= 0.3 is 0 Å². The van der Waals surface area contributed by atoms with Crippen LogP contribution in [0.4, 0.5) is 0 Å². The summed E-state index contributed by atoms with van der Waals surface area (Å²) in [6.07, 6.45) is 4.42. The molecule has 0 heterocycles. The zero-order valence-corrected chi connectivity index (χ0v) is 12.3. The fourth-order valence-corrected chi connectivity index (χ4v) is 2.13. The van der Waals surface area contributed by atoms with Gasteiger partial charge in [0.15, 0.2) is 0 Å². The molecule has 96 valence electrons. The van der Waals surface area contributed by atoms with E-state index in [1.807, 2.05) is 20.8 Å². The largest absolute Gasteiger partial charge is 0.299 e. The molecule has 0 N–H and O–H groups in total. The van der Waals surface area contributed by atoms with Gasteiger partial charge in [-0.3, -0.25) is 4.79 Å². The highest BCUT2D eigenvalue weighted by atomic mass is 16.1. The van der Waals surface area contributed by atoms with Gasteiger partial charge in [-0.25, -0.2) is 0 Å². The molecule has 0 aliphatic rings. The molecule has 0 aromatic heterocycles. The minimum atomic E-state index is -0.191. The fourth-order valence-electron chi connectivity index (χ4n) is 2.13. The number of hydrogen-bond acceptors (Lipinski definition) is 1. The molecule has 0 amide bonds. The maximum atomic E-state index is 12.3. The van der Waals surface area contributed by atoms with Crippen LogP contribution >= 0.6 is 0 Å².